The molecule has 1 aliphatic heterocycles. The van der Waals surface area contributed by atoms with Crippen molar-refractivity contribution in [2.24, 2.45) is 5.92 Å². The molecule has 1 aromatic rings. The minimum atomic E-state index is -1.01. The number of benzene rings is 1. The van der Waals surface area contributed by atoms with Gasteiger partial charge in [0.1, 0.15) is 12.1 Å². The predicted molar refractivity (Wildman–Crippen MR) is 89.9 cm³/mol. The van der Waals surface area contributed by atoms with Crippen LogP contribution in [0.2, 0.25) is 5.02 Å². The molecule has 0 saturated carbocycles. The summed E-state index contributed by atoms with van der Waals surface area (Å²) >= 11 is 5.81. The van der Waals surface area contributed by atoms with Crippen molar-refractivity contribution in [3.8, 4) is 0 Å². The third-order valence-corrected chi connectivity index (χ3v) is 4.40. The molecule has 1 aromatic carbocycles. The van der Waals surface area contributed by atoms with Gasteiger partial charge in [-0.05, 0) is 43.0 Å². The molecule has 1 fully saturated rings. The zero-order valence-electron chi connectivity index (χ0n) is 13.7. The summed E-state index contributed by atoms with van der Waals surface area (Å²) in [5.41, 5.74) is 0.397. The van der Waals surface area contributed by atoms with E-state index in [1.54, 1.807) is 24.3 Å². The lowest BCUT2D eigenvalue weighted by atomic mass is 10.0. The normalized spacial score (nSPS) is 18.5. The zero-order chi connectivity index (χ0) is 17.9. The molecule has 24 heavy (non-hydrogen) atoms. The topological polar surface area (TPSA) is 86.7 Å². The summed E-state index contributed by atoms with van der Waals surface area (Å²) in [7, 11) is 0. The third kappa shape index (κ3) is 4.06. The van der Waals surface area contributed by atoms with Gasteiger partial charge in [-0.2, -0.15) is 0 Å². The van der Waals surface area contributed by atoms with Gasteiger partial charge < -0.3 is 15.3 Å². The van der Waals surface area contributed by atoms with Crippen molar-refractivity contribution in [2.45, 2.75) is 38.8 Å². The Balaban J connectivity index is 2.14. The van der Waals surface area contributed by atoms with Gasteiger partial charge in [-0.15, -0.1) is 0 Å². The molecule has 0 radical (unpaired) electrons. The van der Waals surface area contributed by atoms with Gasteiger partial charge in [0.25, 0.3) is 5.91 Å². The molecule has 2 rings (SSSR count). The van der Waals surface area contributed by atoms with Crippen LogP contribution in [0.1, 0.15) is 37.0 Å². The third-order valence-electron chi connectivity index (χ3n) is 4.15. The van der Waals surface area contributed by atoms with Gasteiger partial charge in [0.2, 0.25) is 5.91 Å². The number of rotatable bonds is 5. The van der Waals surface area contributed by atoms with Crippen molar-refractivity contribution < 1.29 is 19.5 Å². The first kappa shape index (κ1) is 18.3. The van der Waals surface area contributed by atoms with Crippen molar-refractivity contribution in [2.75, 3.05) is 6.54 Å². The van der Waals surface area contributed by atoms with E-state index in [1.807, 2.05) is 13.8 Å². The predicted octanol–water partition coefficient (Wildman–Crippen LogP) is 2.17. The Morgan fingerprint density at radius 3 is 2.42 bits per heavy atom. The van der Waals surface area contributed by atoms with E-state index < -0.39 is 18.1 Å². The number of carbonyl (C=O) groups is 3. The summed E-state index contributed by atoms with van der Waals surface area (Å²) < 4.78 is 0. The van der Waals surface area contributed by atoms with Crippen LogP contribution in [-0.4, -0.2) is 46.4 Å². The van der Waals surface area contributed by atoms with Crippen LogP contribution in [0, 0.1) is 5.92 Å². The molecule has 2 amide bonds. The van der Waals surface area contributed by atoms with Crippen molar-refractivity contribution in [3.63, 3.8) is 0 Å². The van der Waals surface area contributed by atoms with Gasteiger partial charge in [0.05, 0.1) is 0 Å². The smallest absolute Gasteiger partial charge is 0.326 e. The van der Waals surface area contributed by atoms with Crippen molar-refractivity contribution in [1.82, 2.24) is 10.2 Å². The number of likely N-dealkylation sites (tertiary alicyclic amines) is 1. The summed E-state index contributed by atoms with van der Waals surface area (Å²) in [6.07, 6.45) is 1.09. The number of amides is 2. The molecule has 0 bridgehead atoms. The Bertz CT molecular complexity index is 630. The van der Waals surface area contributed by atoms with E-state index in [0.717, 1.165) is 0 Å². The molecular weight excluding hydrogens is 332 g/mol. The highest BCUT2D eigenvalue weighted by atomic mass is 35.5. The largest absolute Gasteiger partial charge is 0.480 e. The molecule has 1 heterocycles. The molecule has 2 atom stereocenters. The van der Waals surface area contributed by atoms with Gasteiger partial charge >= 0.3 is 5.97 Å². The highest BCUT2D eigenvalue weighted by molar-refractivity contribution is 6.30. The van der Waals surface area contributed by atoms with E-state index in [9.17, 15) is 19.5 Å². The maximum atomic E-state index is 12.7. The lowest BCUT2D eigenvalue weighted by Gasteiger charge is -2.29. The van der Waals surface area contributed by atoms with E-state index in [2.05, 4.69) is 5.32 Å². The summed E-state index contributed by atoms with van der Waals surface area (Å²) in [6, 6.07) is 4.78. The monoisotopic (exact) mass is 352 g/mol. The van der Waals surface area contributed by atoms with Crippen molar-refractivity contribution in [1.29, 1.82) is 0 Å². The van der Waals surface area contributed by atoms with E-state index in [0.29, 0.717) is 30.0 Å². The Kier molecular flexibility index (Phi) is 5.83. The molecular formula is C17H21ClN2O4. The molecule has 0 unspecified atom stereocenters. The average molecular weight is 353 g/mol. The molecule has 130 valence electrons. The quantitative estimate of drug-likeness (QED) is 0.850. The molecule has 0 spiro atoms. The number of carbonyl (C=O) groups excluding carboxylic acids is 2. The molecule has 1 saturated heterocycles. The Labute approximate surface area is 145 Å². The SMILES string of the molecule is CC(C)[C@H](NC(=O)c1ccc(Cl)cc1)C(=O)N1CCC[C@H]1C(=O)O. The number of hydrogen-bond acceptors (Lipinski definition) is 3. The highest BCUT2D eigenvalue weighted by Crippen LogP contribution is 2.20. The number of nitrogens with zero attached hydrogens (tertiary/aromatic N) is 1. The van der Waals surface area contributed by atoms with Crippen LogP contribution in [0.25, 0.3) is 0 Å². The standard InChI is InChI=1S/C17H21ClN2O4/c1-10(2)14(16(22)20-9-3-4-13(20)17(23)24)19-15(21)11-5-7-12(18)8-6-11/h5-8,10,13-14H,3-4,9H2,1-2H3,(H,19,21)(H,23,24)/t13-,14-/m0/s1. The van der Waals surface area contributed by atoms with Crippen LogP contribution in [0.3, 0.4) is 0 Å². The fourth-order valence-electron chi connectivity index (χ4n) is 2.81. The number of carboxylic acids is 1. The summed E-state index contributed by atoms with van der Waals surface area (Å²) in [5.74, 6) is -1.90. The minimum Gasteiger partial charge on any atom is -0.480 e. The van der Waals surface area contributed by atoms with E-state index in [4.69, 9.17) is 11.6 Å². The fourth-order valence-corrected chi connectivity index (χ4v) is 2.93. The number of aliphatic carboxylic acids is 1. The van der Waals surface area contributed by atoms with Gasteiger partial charge in [0, 0.05) is 17.1 Å². The van der Waals surface area contributed by atoms with Crippen LogP contribution in [-0.2, 0) is 9.59 Å². The molecule has 6 nitrogen and oxygen atoms in total. The summed E-state index contributed by atoms with van der Waals surface area (Å²) in [4.78, 5) is 37.8. The van der Waals surface area contributed by atoms with Crippen molar-refractivity contribution >= 4 is 29.4 Å². The van der Waals surface area contributed by atoms with E-state index in [1.165, 1.54) is 4.90 Å². The maximum Gasteiger partial charge on any atom is 0.326 e. The van der Waals surface area contributed by atoms with E-state index >= 15 is 0 Å². The molecule has 0 aliphatic carbocycles. The first-order chi connectivity index (χ1) is 11.3. The van der Waals surface area contributed by atoms with Crippen LogP contribution < -0.4 is 5.32 Å². The second-order valence-electron chi connectivity index (χ2n) is 6.23. The van der Waals surface area contributed by atoms with Crippen LogP contribution in [0.5, 0.6) is 0 Å². The lowest BCUT2D eigenvalue weighted by Crippen LogP contribution is -2.53. The first-order valence-corrected chi connectivity index (χ1v) is 8.28. The Morgan fingerprint density at radius 1 is 1.25 bits per heavy atom. The number of halogens is 1. The number of hydrogen-bond donors (Lipinski definition) is 2. The first-order valence-electron chi connectivity index (χ1n) is 7.91. The van der Waals surface area contributed by atoms with Gasteiger partial charge in [-0.25, -0.2) is 4.79 Å². The van der Waals surface area contributed by atoms with Gasteiger partial charge in [0.15, 0.2) is 0 Å². The van der Waals surface area contributed by atoms with Crippen LogP contribution in [0.15, 0.2) is 24.3 Å². The highest BCUT2D eigenvalue weighted by Gasteiger charge is 2.38. The number of nitrogens with one attached hydrogen (secondary N) is 1. The fraction of sp³-hybridized carbons (Fsp3) is 0.471. The Morgan fingerprint density at radius 2 is 1.88 bits per heavy atom. The maximum absolute atomic E-state index is 12.7. The summed E-state index contributed by atoms with van der Waals surface area (Å²) in [5, 5.41) is 12.5. The zero-order valence-corrected chi connectivity index (χ0v) is 14.4. The molecule has 2 N–H and O–H groups in total. The van der Waals surface area contributed by atoms with Gasteiger partial charge in [-0.1, -0.05) is 25.4 Å². The number of carboxylic acid groups (broad SMARTS) is 1. The molecule has 1 aliphatic rings. The van der Waals surface area contributed by atoms with Gasteiger partial charge in [-0.3, -0.25) is 9.59 Å². The lowest BCUT2D eigenvalue weighted by molar-refractivity contribution is -0.149. The van der Waals surface area contributed by atoms with E-state index in [-0.39, 0.29) is 17.7 Å². The van der Waals surface area contributed by atoms with Crippen LogP contribution in [0.4, 0.5) is 0 Å². The second kappa shape index (κ2) is 7.66. The average Bonchev–Trinajstić information content (AvgIpc) is 3.02. The van der Waals surface area contributed by atoms with Crippen molar-refractivity contribution in [3.05, 3.63) is 34.9 Å². The summed E-state index contributed by atoms with van der Waals surface area (Å²) in [6.45, 7) is 4.03. The Hall–Kier alpha value is -2.08. The second-order valence-corrected chi connectivity index (χ2v) is 6.67. The molecule has 7 heteroatoms. The minimum absolute atomic E-state index is 0.163. The van der Waals surface area contributed by atoms with Crippen LogP contribution >= 0.6 is 11.6 Å². The molecule has 0 aromatic heterocycles.